The molecule has 18 heavy (non-hydrogen) atoms. The standard InChI is InChI=1S/C14H15ClN2O/c15-11-4-2-10(3-5-11)12-8-16-13(17-12)14(9-18)6-1-7-14/h2-5,8,18H,1,6-7,9H2,(H,16,17). The minimum Gasteiger partial charge on any atom is -0.395 e. The number of benzene rings is 1. The van der Waals surface area contributed by atoms with Gasteiger partial charge in [0.25, 0.3) is 0 Å². The number of aliphatic hydroxyl groups excluding tert-OH is 1. The van der Waals surface area contributed by atoms with Crippen molar-refractivity contribution in [1.29, 1.82) is 0 Å². The molecule has 1 fully saturated rings. The van der Waals surface area contributed by atoms with Gasteiger partial charge in [-0.3, -0.25) is 0 Å². The SMILES string of the molecule is OCC1(c2ncc(-c3ccc(Cl)cc3)[nH]2)CCC1. The number of nitrogens with one attached hydrogen (secondary N) is 1. The number of aromatic amines is 1. The Kier molecular flexibility index (Phi) is 2.88. The van der Waals surface area contributed by atoms with Crippen LogP contribution in [-0.4, -0.2) is 21.7 Å². The Morgan fingerprint density at radius 3 is 2.56 bits per heavy atom. The summed E-state index contributed by atoms with van der Waals surface area (Å²) >= 11 is 5.87. The fourth-order valence-electron chi connectivity index (χ4n) is 2.44. The van der Waals surface area contributed by atoms with Crippen LogP contribution >= 0.6 is 11.6 Å². The minimum absolute atomic E-state index is 0.134. The van der Waals surface area contributed by atoms with Crippen LogP contribution < -0.4 is 0 Å². The van der Waals surface area contributed by atoms with Crippen LogP contribution in [-0.2, 0) is 5.41 Å². The van der Waals surface area contributed by atoms with E-state index in [0.717, 1.165) is 41.4 Å². The Labute approximate surface area is 111 Å². The van der Waals surface area contributed by atoms with Crippen LogP contribution in [0.2, 0.25) is 5.02 Å². The van der Waals surface area contributed by atoms with E-state index in [1.807, 2.05) is 30.5 Å². The van der Waals surface area contributed by atoms with Gasteiger partial charge in [0.2, 0.25) is 0 Å². The lowest BCUT2D eigenvalue weighted by Gasteiger charge is -2.38. The van der Waals surface area contributed by atoms with Crippen molar-refractivity contribution in [3.8, 4) is 11.3 Å². The van der Waals surface area contributed by atoms with Gasteiger partial charge >= 0.3 is 0 Å². The molecule has 0 radical (unpaired) electrons. The number of aromatic nitrogens is 2. The molecule has 1 heterocycles. The van der Waals surface area contributed by atoms with E-state index in [0.29, 0.717) is 0 Å². The number of halogens is 1. The van der Waals surface area contributed by atoms with E-state index >= 15 is 0 Å². The molecule has 1 aromatic heterocycles. The fourth-order valence-corrected chi connectivity index (χ4v) is 2.57. The van der Waals surface area contributed by atoms with Crippen LogP contribution in [0.25, 0.3) is 11.3 Å². The van der Waals surface area contributed by atoms with Gasteiger partial charge in [0, 0.05) is 5.02 Å². The summed E-state index contributed by atoms with van der Waals surface area (Å²) < 4.78 is 0. The summed E-state index contributed by atoms with van der Waals surface area (Å²) in [6, 6.07) is 7.66. The molecule has 2 aromatic rings. The molecule has 4 heteroatoms. The predicted octanol–water partition coefficient (Wildman–Crippen LogP) is 3.14. The number of H-pyrrole nitrogens is 1. The summed E-state index contributed by atoms with van der Waals surface area (Å²) in [4.78, 5) is 7.76. The molecule has 1 aromatic carbocycles. The molecule has 0 atom stereocenters. The third-order valence-corrected chi connectivity index (χ3v) is 4.10. The number of nitrogens with zero attached hydrogens (tertiary/aromatic N) is 1. The van der Waals surface area contributed by atoms with Gasteiger partial charge in [-0.1, -0.05) is 30.2 Å². The zero-order valence-electron chi connectivity index (χ0n) is 9.99. The van der Waals surface area contributed by atoms with Gasteiger partial charge < -0.3 is 10.1 Å². The van der Waals surface area contributed by atoms with E-state index in [1.165, 1.54) is 0 Å². The molecule has 1 aliphatic rings. The minimum atomic E-state index is -0.134. The van der Waals surface area contributed by atoms with Crippen LogP contribution in [0.5, 0.6) is 0 Å². The van der Waals surface area contributed by atoms with Crippen LogP contribution in [0.1, 0.15) is 25.1 Å². The average Bonchev–Trinajstić information content (AvgIpc) is 2.79. The molecular formula is C14H15ClN2O. The number of hydrogen-bond donors (Lipinski definition) is 2. The number of aliphatic hydroxyl groups is 1. The van der Waals surface area contributed by atoms with Crippen LogP contribution in [0.15, 0.2) is 30.5 Å². The van der Waals surface area contributed by atoms with Crippen molar-refractivity contribution in [2.45, 2.75) is 24.7 Å². The lowest BCUT2D eigenvalue weighted by molar-refractivity contribution is 0.113. The third-order valence-electron chi connectivity index (χ3n) is 3.85. The van der Waals surface area contributed by atoms with Crippen molar-refractivity contribution in [3.05, 3.63) is 41.3 Å². The zero-order valence-corrected chi connectivity index (χ0v) is 10.7. The van der Waals surface area contributed by atoms with E-state index in [-0.39, 0.29) is 12.0 Å². The topological polar surface area (TPSA) is 48.9 Å². The Balaban J connectivity index is 1.91. The first-order chi connectivity index (χ1) is 8.73. The lowest BCUT2D eigenvalue weighted by Crippen LogP contribution is -2.39. The largest absolute Gasteiger partial charge is 0.395 e. The van der Waals surface area contributed by atoms with Crippen molar-refractivity contribution >= 4 is 11.6 Å². The summed E-state index contributed by atoms with van der Waals surface area (Å²) in [6.07, 6.45) is 5.01. The predicted molar refractivity (Wildman–Crippen MR) is 71.6 cm³/mol. The van der Waals surface area contributed by atoms with E-state index < -0.39 is 0 Å². The van der Waals surface area contributed by atoms with E-state index in [4.69, 9.17) is 11.6 Å². The maximum Gasteiger partial charge on any atom is 0.115 e. The summed E-state index contributed by atoms with van der Waals surface area (Å²) in [6.45, 7) is 0.167. The first-order valence-corrected chi connectivity index (χ1v) is 6.54. The Morgan fingerprint density at radius 2 is 2.00 bits per heavy atom. The van der Waals surface area contributed by atoms with E-state index in [1.54, 1.807) is 0 Å². The number of hydrogen-bond acceptors (Lipinski definition) is 2. The van der Waals surface area contributed by atoms with Gasteiger partial charge in [-0.15, -0.1) is 0 Å². The third kappa shape index (κ3) is 1.84. The van der Waals surface area contributed by atoms with Gasteiger partial charge in [-0.25, -0.2) is 4.98 Å². The molecule has 0 aliphatic heterocycles. The zero-order chi connectivity index (χ0) is 12.6. The van der Waals surface area contributed by atoms with Gasteiger partial charge in [-0.05, 0) is 30.5 Å². The fraction of sp³-hybridized carbons (Fsp3) is 0.357. The summed E-state index contributed by atoms with van der Waals surface area (Å²) in [5, 5.41) is 10.3. The lowest BCUT2D eigenvalue weighted by atomic mass is 9.69. The molecule has 94 valence electrons. The molecule has 1 aliphatic carbocycles. The molecule has 1 saturated carbocycles. The van der Waals surface area contributed by atoms with Crippen LogP contribution in [0.4, 0.5) is 0 Å². The highest BCUT2D eigenvalue weighted by Crippen LogP contribution is 2.42. The molecule has 0 bridgehead atoms. The molecule has 3 rings (SSSR count). The van der Waals surface area contributed by atoms with Gasteiger partial charge in [0.15, 0.2) is 0 Å². The smallest absolute Gasteiger partial charge is 0.115 e. The Bertz CT molecular complexity index is 538. The van der Waals surface area contributed by atoms with Gasteiger partial charge in [0.05, 0.1) is 23.9 Å². The Hall–Kier alpha value is -1.32. The van der Waals surface area contributed by atoms with Gasteiger partial charge in [-0.2, -0.15) is 0 Å². The highest BCUT2D eigenvalue weighted by atomic mass is 35.5. The maximum atomic E-state index is 9.53. The van der Waals surface area contributed by atoms with E-state index in [2.05, 4.69) is 9.97 Å². The monoisotopic (exact) mass is 262 g/mol. The van der Waals surface area contributed by atoms with Crippen molar-refractivity contribution in [2.75, 3.05) is 6.61 Å². The average molecular weight is 263 g/mol. The molecular weight excluding hydrogens is 248 g/mol. The summed E-state index contributed by atoms with van der Waals surface area (Å²) in [5.74, 6) is 0.904. The first-order valence-electron chi connectivity index (χ1n) is 6.16. The second-order valence-electron chi connectivity index (χ2n) is 4.94. The molecule has 0 saturated heterocycles. The number of imidazole rings is 1. The highest BCUT2D eigenvalue weighted by molar-refractivity contribution is 6.30. The van der Waals surface area contributed by atoms with Gasteiger partial charge in [0.1, 0.15) is 5.82 Å². The van der Waals surface area contributed by atoms with Crippen molar-refractivity contribution in [3.63, 3.8) is 0 Å². The van der Waals surface area contributed by atoms with Crippen molar-refractivity contribution in [1.82, 2.24) is 9.97 Å². The molecule has 2 N–H and O–H groups in total. The normalized spacial score (nSPS) is 17.4. The summed E-state index contributed by atoms with van der Waals surface area (Å²) in [5.41, 5.74) is 1.90. The second-order valence-corrected chi connectivity index (χ2v) is 5.38. The first kappa shape index (κ1) is 11.8. The van der Waals surface area contributed by atoms with E-state index in [9.17, 15) is 5.11 Å². The van der Waals surface area contributed by atoms with Crippen molar-refractivity contribution in [2.24, 2.45) is 0 Å². The second kappa shape index (κ2) is 4.41. The number of rotatable bonds is 3. The van der Waals surface area contributed by atoms with Crippen LogP contribution in [0.3, 0.4) is 0 Å². The van der Waals surface area contributed by atoms with Crippen LogP contribution in [0, 0.1) is 0 Å². The molecule has 0 spiro atoms. The van der Waals surface area contributed by atoms with Crippen molar-refractivity contribution < 1.29 is 5.11 Å². The summed E-state index contributed by atoms with van der Waals surface area (Å²) in [7, 11) is 0. The molecule has 3 nitrogen and oxygen atoms in total. The molecule has 0 amide bonds. The quantitative estimate of drug-likeness (QED) is 0.893. The highest BCUT2D eigenvalue weighted by Gasteiger charge is 2.40. The maximum absolute atomic E-state index is 9.53. The Morgan fingerprint density at radius 1 is 1.28 bits per heavy atom. The molecule has 0 unspecified atom stereocenters.